The Morgan fingerprint density at radius 3 is 2.04 bits per heavy atom. The first kappa shape index (κ1) is 23.9. The SMILES string of the molecule is CCCCCCCCCCCC(=O)N[C@@H](CCCCN)C(=O)OCC. The Morgan fingerprint density at radius 2 is 1.48 bits per heavy atom. The molecule has 25 heavy (non-hydrogen) atoms. The first-order valence-corrected chi connectivity index (χ1v) is 10.3. The van der Waals surface area contributed by atoms with Gasteiger partial charge in [-0.1, -0.05) is 58.3 Å². The minimum Gasteiger partial charge on any atom is -0.464 e. The molecule has 0 bridgehead atoms. The van der Waals surface area contributed by atoms with E-state index in [0.717, 1.165) is 25.7 Å². The summed E-state index contributed by atoms with van der Waals surface area (Å²) in [4.78, 5) is 24.0. The lowest BCUT2D eigenvalue weighted by Crippen LogP contribution is -2.41. The van der Waals surface area contributed by atoms with Crippen LogP contribution in [0.1, 0.15) is 97.3 Å². The quantitative estimate of drug-likeness (QED) is 0.304. The maximum absolute atomic E-state index is 12.1. The standard InChI is InChI=1S/C20H40N2O3/c1-3-5-6-7-8-9-10-11-12-16-19(23)22-18(15-13-14-17-21)20(24)25-4-2/h18H,3-17,21H2,1-2H3,(H,22,23)/t18-/m0/s1. The highest BCUT2D eigenvalue weighted by molar-refractivity contribution is 5.84. The number of unbranched alkanes of at least 4 members (excludes halogenated alkanes) is 9. The summed E-state index contributed by atoms with van der Waals surface area (Å²) in [5.41, 5.74) is 5.49. The van der Waals surface area contributed by atoms with Crippen molar-refractivity contribution in [3.05, 3.63) is 0 Å². The van der Waals surface area contributed by atoms with Crippen molar-refractivity contribution in [3.8, 4) is 0 Å². The fourth-order valence-electron chi connectivity index (χ4n) is 2.85. The molecule has 0 aliphatic carbocycles. The molecular formula is C20H40N2O3. The molecule has 1 amide bonds. The molecule has 0 heterocycles. The molecule has 0 spiro atoms. The third-order valence-corrected chi connectivity index (χ3v) is 4.36. The van der Waals surface area contributed by atoms with Gasteiger partial charge in [-0.15, -0.1) is 0 Å². The Balaban J connectivity index is 3.84. The first-order valence-electron chi connectivity index (χ1n) is 10.3. The third kappa shape index (κ3) is 14.9. The molecule has 0 aliphatic rings. The molecule has 148 valence electrons. The highest BCUT2D eigenvalue weighted by Gasteiger charge is 2.21. The molecule has 0 aromatic carbocycles. The van der Waals surface area contributed by atoms with Crippen molar-refractivity contribution in [2.24, 2.45) is 5.73 Å². The Bertz CT molecular complexity index is 335. The van der Waals surface area contributed by atoms with Gasteiger partial charge in [-0.05, 0) is 39.2 Å². The van der Waals surface area contributed by atoms with E-state index < -0.39 is 6.04 Å². The Kier molecular flexibility index (Phi) is 16.9. The van der Waals surface area contributed by atoms with Gasteiger partial charge in [0.1, 0.15) is 6.04 Å². The van der Waals surface area contributed by atoms with Gasteiger partial charge in [-0.25, -0.2) is 4.79 Å². The largest absolute Gasteiger partial charge is 0.464 e. The van der Waals surface area contributed by atoms with Gasteiger partial charge in [0.2, 0.25) is 5.91 Å². The van der Waals surface area contributed by atoms with Gasteiger partial charge in [-0.3, -0.25) is 4.79 Å². The van der Waals surface area contributed by atoms with Gasteiger partial charge >= 0.3 is 5.97 Å². The fraction of sp³-hybridized carbons (Fsp3) is 0.900. The van der Waals surface area contributed by atoms with Crippen molar-refractivity contribution in [2.75, 3.05) is 13.2 Å². The van der Waals surface area contributed by atoms with Crippen LogP contribution in [0, 0.1) is 0 Å². The minimum absolute atomic E-state index is 0.0475. The number of hydrogen-bond donors (Lipinski definition) is 2. The van der Waals surface area contributed by atoms with E-state index in [4.69, 9.17) is 10.5 Å². The summed E-state index contributed by atoms with van der Waals surface area (Å²) in [6.45, 7) is 4.94. The molecule has 3 N–H and O–H groups in total. The Labute approximate surface area is 154 Å². The van der Waals surface area contributed by atoms with E-state index in [1.165, 1.54) is 44.9 Å². The van der Waals surface area contributed by atoms with Crippen molar-refractivity contribution in [1.29, 1.82) is 0 Å². The Morgan fingerprint density at radius 1 is 0.880 bits per heavy atom. The van der Waals surface area contributed by atoms with Crippen LogP contribution in [0.5, 0.6) is 0 Å². The lowest BCUT2D eigenvalue weighted by atomic mass is 10.1. The van der Waals surface area contributed by atoms with Gasteiger partial charge in [0, 0.05) is 6.42 Å². The summed E-state index contributed by atoms with van der Waals surface area (Å²) in [5.74, 6) is -0.381. The summed E-state index contributed by atoms with van der Waals surface area (Å²) < 4.78 is 5.05. The second-order valence-corrected chi connectivity index (χ2v) is 6.74. The van der Waals surface area contributed by atoms with E-state index in [9.17, 15) is 9.59 Å². The summed E-state index contributed by atoms with van der Waals surface area (Å²) >= 11 is 0. The number of ether oxygens (including phenoxy) is 1. The van der Waals surface area contributed by atoms with Crippen LogP contribution < -0.4 is 11.1 Å². The average molecular weight is 357 g/mol. The van der Waals surface area contributed by atoms with Gasteiger partial charge in [-0.2, -0.15) is 0 Å². The summed E-state index contributed by atoms with van der Waals surface area (Å²) in [6.07, 6.45) is 13.8. The van der Waals surface area contributed by atoms with Crippen molar-refractivity contribution in [2.45, 2.75) is 103 Å². The molecule has 0 saturated carbocycles. The van der Waals surface area contributed by atoms with Crippen LogP contribution in [-0.2, 0) is 14.3 Å². The lowest BCUT2D eigenvalue weighted by Gasteiger charge is -2.17. The van der Waals surface area contributed by atoms with E-state index in [1.54, 1.807) is 6.92 Å². The molecule has 0 radical (unpaired) electrons. The molecule has 5 nitrogen and oxygen atoms in total. The molecule has 5 heteroatoms. The molecular weight excluding hydrogens is 316 g/mol. The van der Waals surface area contributed by atoms with E-state index in [0.29, 0.717) is 26.0 Å². The molecule has 0 saturated heterocycles. The van der Waals surface area contributed by atoms with E-state index in [2.05, 4.69) is 12.2 Å². The van der Waals surface area contributed by atoms with Crippen LogP contribution in [0.4, 0.5) is 0 Å². The predicted molar refractivity (Wildman–Crippen MR) is 103 cm³/mol. The monoisotopic (exact) mass is 356 g/mol. The molecule has 0 rings (SSSR count). The van der Waals surface area contributed by atoms with Gasteiger partial charge in [0.25, 0.3) is 0 Å². The van der Waals surface area contributed by atoms with Crippen LogP contribution in [0.3, 0.4) is 0 Å². The number of nitrogens with one attached hydrogen (secondary N) is 1. The average Bonchev–Trinajstić information content (AvgIpc) is 2.59. The highest BCUT2D eigenvalue weighted by atomic mass is 16.5. The van der Waals surface area contributed by atoms with Gasteiger partial charge in [0.05, 0.1) is 6.61 Å². The van der Waals surface area contributed by atoms with Crippen molar-refractivity contribution in [3.63, 3.8) is 0 Å². The normalized spacial score (nSPS) is 12.0. The summed E-state index contributed by atoms with van der Waals surface area (Å²) in [7, 11) is 0. The molecule has 1 atom stereocenters. The number of carbonyl (C=O) groups excluding carboxylic acids is 2. The van der Waals surface area contributed by atoms with Crippen LogP contribution in [-0.4, -0.2) is 31.1 Å². The van der Waals surface area contributed by atoms with E-state index >= 15 is 0 Å². The zero-order chi connectivity index (χ0) is 18.8. The van der Waals surface area contributed by atoms with Crippen molar-refractivity contribution in [1.82, 2.24) is 5.32 Å². The maximum Gasteiger partial charge on any atom is 0.328 e. The summed E-state index contributed by atoms with van der Waals surface area (Å²) in [5, 5.41) is 2.83. The number of hydrogen-bond acceptors (Lipinski definition) is 4. The maximum atomic E-state index is 12.1. The fourth-order valence-corrected chi connectivity index (χ4v) is 2.85. The van der Waals surface area contributed by atoms with Crippen LogP contribution in [0.2, 0.25) is 0 Å². The topological polar surface area (TPSA) is 81.4 Å². The lowest BCUT2D eigenvalue weighted by molar-refractivity contribution is -0.147. The highest BCUT2D eigenvalue weighted by Crippen LogP contribution is 2.11. The zero-order valence-corrected chi connectivity index (χ0v) is 16.5. The van der Waals surface area contributed by atoms with Crippen LogP contribution in [0.15, 0.2) is 0 Å². The molecule has 0 aromatic heterocycles. The molecule has 0 fully saturated rings. The smallest absolute Gasteiger partial charge is 0.328 e. The first-order chi connectivity index (χ1) is 12.2. The number of amides is 1. The molecule has 0 aromatic rings. The third-order valence-electron chi connectivity index (χ3n) is 4.36. The van der Waals surface area contributed by atoms with Gasteiger partial charge in [0.15, 0.2) is 0 Å². The second kappa shape index (κ2) is 17.7. The zero-order valence-electron chi connectivity index (χ0n) is 16.5. The molecule has 0 aliphatic heterocycles. The van der Waals surface area contributed by atoms with Crippen LogP contribution in [0.25, 0.3) is 0 Å². The van der Waals surface area contributed by atoms with E-state index in [1.807, 2.05) is 0 Å². The number of nitrogens with two attached hydrogens (primary N) is 1. The number of carbonyl (C=O) groups is 2. The summed E-state index contributed by atoms with van der Waals surface area (Å²) in [6, 6.07) is -0.530. The minimum atomic E-state index is -0.530. The van der Waals surface area contributed by atoms with Crippen molar-refractivity contribution < 1.29 is 14.3 Å². The number of esters is 1. The van der Waals surface area contributed by atoms with Gasteiger partial charge < -0.3 is 15.8 Å². The van der Waals surface area contributed by atoms with E-state index in [-0.39, 0.29) is 11.9 Å². The van der Waals surface area contributed by atoms with Crippen LogP contribution >= 0.6 is 0 Å². The Hall–Kier alpha value is -1.10. The predicted octanol–water partition coefficient (Wildman–Crippen LogP) is 4.08. The molecule has 0 unspecified atom stereocenters. The second-order valence-electron chi connectivity index (χ2n) is 6.74. The van der Waals surface area contributed by atoms with Crippen molar-refractivity contribution >= 4 is 11.9 Å². The number of rotatable bonds is 17.